The fourth-order valence-electron chi connectivity index (χ4n) is 4.18. The van der Waals surface area contributed by atoms with Crippen molar-refractivity contribution in [1.82, 2.24) is 10.2 Å². The minimum atomic E-state index is -0.492. The molecule has 4 rings (SSSR count). The predicted molar refractivity (Wildman–Crippen MR) is 125 cm³/mol. The molecule has 160 valence electrons. The SMILES string of the molecule is CC(C)CN1C(=O)c2ccccc2[C@@H](C(=O)NCc2ccccc2Cl)[C@H]1c1cccs1. The minimum absolute atomic E-state index is 0.0159. The van der Waals surface area contributed by atoms with Crippen LogP contribution in [-0.4, -0.2) is 23.3 Å². The minimum Gasteiger partial charge on any atom is -0.351 e. The molecule has 1 N–H and O–H groups in total. The summed E-state index contributed by atoms with van der Waals surface area (Å²) in [6, 6.07) is 18.6. The van der Waals surface area contributed by atoms with Gasteiger partial charge in [-0.05, 0) is 40.6 Å². The number of nitrogens with zero attached hydrogens (tertiary/aromatic N) is 1. The average molecular weight is 453 g/mol. The molecule has 0 aliphatic carbocycles. The van der Waals surface area contributed by atoms with Crippen LogP contribution in [0.5, 0.6) is 0 Å². The van der Waals surface area contributed by atoms with Crippen LogP contribution >= 0.6 is 22.9 Å². The number of thiophene rings is 1. The quantitative estimate of drug-likeness (QED) is 0.525. The topological polar surface area (TPSA) is 49.4 Å². The van der Waals surface area contributed by atoms with Gasteiger partial charge in [0, 0.05) is 28.6 Å². The Kier molecular flexibility index (Phi) is 6.44. The molecule has 2 atom stereocenters. The first-order valence-electron chi connectivity index (χ1n) is 10.4. The molecule has 0 saturated heterocycles. The molecule has 1 aliphatic heterocycles. The molecule has 0 unspecified atom stereocenters. The molecule has 0 radical (unpaired) electrons. The Balaban J connectivity index is 1.74. The van der Waals surface area contributed by atoms with Crippen molar-refractivity contribution >= 4 is 34.8 Å². The van der Waals surface area contributed by atoms with Gasteiger partial charge in [0.15, 0.2) is 0 Å². The van der Waals surface area contributed by atoms with Gasteiger partial charge in [0.2, 0.25) is 5.91 Å². The Hall–Kier alpha value is -2.63. The lowest BCUT2D eigenvalue weighted by Gasteiger charge is -2.42. The van der Waals surface area contributed by atoms with E-state index in [1.54, 1.807) is 11.3 Å². The number of nitrogens with one attached hydrogen (secondary N) is 1. The van der Waals surface area contributed by atoms with Crippen LogP contribution in [0.25, 0.3) is 0 Å². The summed E-state index contributed by atoms with van der Waals surface area (Å²) < 4.78 is 0. The van der Waals surface area contributed by atoms with Gasteiger partial charge in [-0.15, -0.1) is 11.3 Å². The lowest BCUT2D eigenvalue weighted by Crippen LogP contribution is -2.48. The molecule has 2 heterocycles. The molecule has 6 heteroatoms. The second kappa shape index (κ2) is 9.25. The van der Waals surface area contributed by atoms with E-state index in [1.165, 1.54) is 0 Å². The summed E-state index contributed by atoms with van der Waals surface area (Å²) >= 11 is 7.86. The Labute approximate surface area is 191 Å². The third kappa shape index (κ3) is 4.39. The van der Waals surface area contributed by atoms with Crippen molar-refractivity contribution in [2.24, 2.45) is 5.92 Å². The van der Waals surface area contributed by atoms with E-state index in [0.717, 1.165) is 16.0 Å². The van der Waals surface area contributed by atoms with Gasteiger partial charge in [0.25, 0.3) is 5.91 Å². The van der Waals surface area contributed by atoms with Crippen molar-refractivity contribution in [3.05, 3.63) is 92.6 Å². The third-order valence-corrected chi connectivity index (χ3v) is 6.84. The summed E-state index contributed by atoms with van der Waals surface area (Å²) in [5.74, 6) is -0.331. The first kappa shape index (κ1) is 21.6. The summed E-state index contributed by atoms with van der Waals surface area (Å²) in [5, 5.41) is 5.69. The van der Waals surface area contributed by atoms with Crippen LogP contribution in [0.15, 0.2) is 66.0 Å². The molecule has 0 bridgehead atoms. The van der Waals surface area contributed by atoms with Gasteiger partial charge in [-0.25, -0.2) is 0 Å². The zero-order valence-electron chi connectivity index (χ0n) is 17.5. The Morgan fingerprint density at radius 3 is 2.55 bits per heavy atom. The number of fused-ring (bicyclic) bond motifs is 1. The van der Waals surface area contributed by atoms with Crippen LogP contribution in [0.1, 0.15) is 52.2 Å². The number of halogens is 1. The third-order valence-electron chi connectivity index (χ3n) is 5.53. The van der Waals surface area contributed by atoms with E-state index < -0.39 is 5.92 Å². The predicted octanol–water partition coefficient (Wildman–Crippen LogP) is 5.65. The summed E-state index contributed by atoms with van der Waals surface area (Å²) in [7, 11) is 0. The van der Waals surface area contributed by atoms with Gasteiger partial charge < -0.3 is 10.2 Å². The lowest BCUT2D eigenvalue weighted by atomic mass is 9.81. The molecular weight excluding hydrogens is 428 g/mol. The Morgan fingerprint density at radius 1 is 1.10 bits per heavy atom. The van der Waals surface area contributed by atoms with Gasteiger partial charge in [-0.1, -0.05) is 67.9 Å². The molecule has 31 heavy (non-hydrogen) atoms. The summed E-state index contributed by atoms with van der Waals surface area (Å²) in [4.78, 5) is 29.9. The first-order valence-corrected chi connectivity index (χ1v) is 11.7. The first-order chi connectivity index (χ1) is 15.0. The van der Waals surface area contributed by atoms with Crippen LogP contribution in [0.4, 0.5) is 0 Å². The van der Waals surface area contributed by atoms with Crippen molar-refractivity contribution in [3.8, 4) is 0 Å². The second-order valence-electron chi connectivity index (χ2n) is 8.19. The normalized spacial score (nSPS) is 18.2. The number of hydrogen-bond donors (Lipinski definition) is 1. The highest BCUT2D eigenvalue weighted by atomic mass is 35.5. The van der Waals surface area contributed by atoms with Crippen LogP contribution in [0.2, 0.25) is 5.02 Å². The molecule has 0 spiro atoms. The van der Waals surface area contributed by atoms with Crippen molar-refractivity contribution < 1.29 is 9.59 Å². The number of benzene rings is 2. The van der Waals surface area contributed by atoms with E-state index >= 15 is 0 Å². The van der Waals surface area contributed by atoms with Crippen LogP contribution in [-0.2, 0) is 11.3 Å². The molecular formula is C25H25ClN2O2S. The molecule has 2 aromatic carbocycles. The maximum atomic E-state index is 13.6. The van der Waals surface area contributed by atoms with E-state index in [-0.39, 0.29) is 23.8 Å². The number of rotatable bonds is 6. The Bertz CT molecular complexity index is 1080. The smallest absolute Gasteiger partial charge is 0.254 e. The molecule has 1 aliphatic rings. The molecule has 2 amide bonds. The molecule has 3 aromatic rings. The summed E-state index contributed by atoms with van der Waals surface area (Å²) in [6.45, 7) is 5.11. The average Bonchev–Trinajstić information content (AvgIpc) is 3.29. The number of carbonyl (C=O) groups excluding carboxylic acids is 2. The van der Waals surface area contributed by atoms with Gasteiger partial charge in [-0.2, -0.15) is 0 Å². The fraction of sp³-hybridized carbons (Fsp3) is 0.280. The summed E-state index contributed by atoms with van der Waals surface area (Å²) in [6.07, 6.45) is 0. The number of amides is 2. The Morgan fingerprint density at radius 2 is 1.84 bits per heavy atom. The van der Waals surface area contributed by atoms with Gasteiger partial charge in [-0.3, -0.25) is 9.59 Å². The van der Waals surface area contributed by atoms with Crippen LogP contribution in [0, 0.1) is 5.92 Å². The van der Waals surface area contributed by atoms with E-state index in [0.29, 0.717) is 23.7 Å². The standard InChI is InChI=1S/C25H25ClN2O2S/c1-16(2)15-28-23(21-12-7-13-31-21)22(18-9-4-5-10-19(18)25(28)30)24(29)27-14-17-8-3-6-11-20(17)26/h3-13,16,22-23H,14-15H2,1-2H3,(H,27,29)/t22-,23-/m1/s1. The van der Waals surface area contributed by atoms with Crippen LogP contribution in [0.3, 0.4) is 0 Å². The number of hydrogen-bond acceptors (Lipinski definition) is 3. The van der Waals surface area contributed by atoms with Crippen LogP contribution < -0.4 is 5.32 Å². The highest BCUT2D eigenvalue weighted by molar-refractivity contribution is 7.10. The monoisotopic (exact) mass is 452 g/mol. The zero-order valence-corrected chi connectivity index (χ0v) is 19.1. The zero-order chi connectivity index (χ0) is 22.0. The maximum Gasteiger partial charge on any atom is 0.254 e. The van der Waals surface area contributed by atoms with Crippen molar-refractivity contribution in [1.29, 1.82) is 0 Å². The molecule has 4 nitrogen and oxygen atoms in total. The van der Waals surface area contributed by atoms with Gasteiger partial charge in [0.1, 0.15) is 0 Å². The fourth-order valence-corrected chi connectivity index (χ4v) is 5.26. The van der Waals surface area contributed by atoms with E-state index in [4.69, 9.17) is 11.6 Å². The van der Waals surface area contributed by atoms with Crippen molar-refractivity contribution in [2.45, 2.75) is 32.4 Å². The molecule has 0 fully saturated rings. The second-order valence-corrected chi connectivity index (χ2v) is 9.57. The van der Waals surface area contributed by atoms with Crippen molar-refractivity contribution in [2.75, 3.05) is 6.54 Å². The van der Waals surface area contributed by atoms with E-state index in [1.807, 2.05) is 70.9 Å². The lowest BCUT2D eigenvalue weighted by molar-refractivity contribution is -0.124. The van der Waals surface area contributed by atoms with Gasteiger partial charge in [0.05, 0.1) is 12.0 Å². The number of carbonyl (C=O) groups is 2. The molecule has 0 saturated carbocycles. The highest BCUT2D eigenvalue weighted by Gasteiger charge is 2.44. The van der Waals surface area contributed by atoms with E-state index in [9.17, 15) is 9.59 Å². The molecule has 1 aromatic heterocycles. The largest absolute Gasteiger partial charge is 0.351 e. The maximum absolute atomic E-state index is 13.6. The van der Waals surface area contributed by atoms with Gasteiger partial charge >= 0.3 is 0 Å². The van der Waals surface area contributed by atoms with Crippen molar-refractivity contribution in [3.63, 3.8) is 0 Å². The van der Waals surface area contributed by atoms with E-state index in [2.05, 4.69) is 19.2 Å². The highest BCUT2D eigenvalue weighted by Crippen LogP contribution is 2.44. The summed E-state index contributed by atoms with van der Waals surface area (Å²) in [5.41, 5.74) is 2.25.